The van der Waals surface area contributed by atoms with Crippen LogP contribution in [0.2, 0.25) is 0 Å². The van der Waals surface area contributed by atoms with Gasteiger partial charge in [0.25, 0.3) is 0 Å². The van der Waals surface area contributed by atoms with Crippen molar-refractivity contribution in [2.45, 2.75) is 12.5 Å². The highest BCUT2D eigenvalue weighted by Crippen LogP contribution is 2.28. The molecule has 2 heterocycles. The molecule has 0 aliphatic carbocycles. The Morgan fingerprint density at radius 3 is 3.05 bits per heavy atom. The van der Waals surface area contributed by atoms with E-state index < -0.39 is 6.67 Å². The van der Waals surface area contributed by atoms with Crippen molar-refractivity contribution in [1.82, 2.24) is 10.3 Å². The average molecular weight is 304 g/mol. The van der Waals surface area contributed by atoms with Gasteiger partial charge in [-0.2, -0.15) is 0 Å². The third kappa shape index (κ3) is 2.81. The molecule has 0 spiro atoms. The number of rotatable bonds is 5. The minimum atomic E-state index is -0.538. The molecule has 5 nitrogen and oxygen atoms in total. The number of hydrogen-bond donors (Lipinski definition) is 1. The standard InChI is InChI=1S/C16H17FN2O3/c1-21-12-3-2-10-4-5-18-16(13(10)7-12)22-9-14-11(8-17)6-15(20)19-14/h2-5,7,11,14H,6,8-9H2,1H3,(H,19,20)/t11-,14-/m1/s1. The second kappa shape index (κ2) is 6.17. The number of nitrogens with zero attached hydrogens (tertiary/aromatic N) is 1. The predicted octanol–water partition coefficient (Wildman–Crippen LogP) is 2.10. The lowest BCUT2D eigenvalue weighted by Crippen LogP contribution is -2.35. The van der Waals surface area contributed by atoms with Crippen LogP contribution in [0.3, 0.4) is 0 Å². The number of alkyl halides is 1. The van der Waals surface area contributed by atoms with Gasteiger partial charge < -0.3 is 14.8 Å². The number of aromatic nitrogens is 1. The highest BCUT2D eigenvalue weighted by molar-refractivity contribution is 5.88. The fourth-order valence-corrected chi connectivity index (χ4v) is 2.64. The molecule has 1 aromatic carbocycles. The molecule has 3 rings (SSSR count). The maximum Gasteiger partial charge on any atom is 0.221 e. The van der Waals surface area contributed by atoms with Crippen LogP contribution in [-0.2, 0) is 4.79 Å². The summed E-state index contributed by atoms with van der Waals surface area (Å²) < 4.78 is 23.9. The van der Waals surface area contributed by atoms with Crippen LogP contribution < -0.4 is 14.8 Å². The van der Waals surface area contributed by atoms with Crippen LogP contribution in [-0.4, -0.2) is 37.3 Å². The van der Waals surface area contributed by atoms with Crippen molar-refractivity contribution < 1.29 is 18.7 Å². The first kappa shape index (κ1) is 14.6. The van der Waals surface area contributed by atoms with E-state index in [0.717, 1.165) is 10.8 Å². The van der Waals surface area contributed by atoms with Gasteiger partial charge in [0.05, 0.1) is 19.8 Å². The van der Waals surface area contributed by atoms with Crippen molar-refractivity contribution in [2.75, 3.05) is 20.4 Å². The zero-order chi connectivity index (χ0) is 15.5. The lowest BCUT2D eigenvalue weighted by atomic mass is 10.0. The molecule has 1 N–H and O–H groups in total. The fraction of sp³-hybridized carbons (Fsp3) is 0.375. The van der Waals surface area contributed by atoms with Gasteiger partial charge in [-0.25, -0.2) is 4.98 Å². The summed E-state index contributed by atoms with van der Waals surface area (Å²) in [5.41, 5.74) is 0. The maximum atomic E-state index is 12.9. The van der Waals surface area contributed by atoms with Crippen LogP contribution in [0, 0.1) is 5.92 Å². The summed E-state index contributed by atoms with van der Waals surface area (Å²) in [7, 11) is 1.60. The van der Waals surface area contributed by atoms with Crippen LogP contribution in [0.5, 0.6) is 11.6 Å². The highest BCUT2D eigenvalue weighted by Gasteiger charge is 2.32. The number of amides is 1. The molecule has 0 bridgehead atoms. The second-order valence-corrected chi connectivity index (χ2v) is 5.31. The van der Waals surface area contributed by atoms with Gasteiger partial charge in [-0.15, -0.1) is 0 Å². The fourth-order valence-electron chi connectivity index (χ4n) is 2.64. The highest BCUT2D eigenvalue weighted by atomic mass is 19.1. The van der Waals surface area contributed by atoms with Crippen molar-refractivity contribution in [1.29, 1.82) is 0 Å². The number of nitrogens with one attached hydrogen (secondary N) is 1. The number of hydrogen-bond acceptors (Lipinski definition) is 4. The minimum absolute atomic E-state index is 0.135. The third-order valence-electron chi connectivity index (χ3n) is 3.90. The van der Waals surface area contributed by atoms with Crippen molar-refractivity contribution in [3.8, 4) is 11.6 Å². The number of ether oxygens (including phenoxy) is 2. The molecular formula is C16H17FN2O3. The average Bonchev–Trinajstić information content (AvgIpc) is 2.92. The zero-order valence-electron chi connectivity index (χ0n) is 12.2. The van der Waals surface area contributed by atoms with Gasteiger partial charge >= 0.3 is 0 Å². The molecule has 22 heavy (non-hydrogen) atoms. The van der Waals surface area contributed by atoms with E-state index in [1.54, 1.807) is 13.3 Å². The van der Waals surface area contributed by atoms with Crippen molar-refractivity contribution in [2.24, 2.45) is 5.92 Å². The molecule has 1 fully saturated rings. The summed E-state index contributed by atoms with van der Waals surface area (Å²) in [5, 5.41) is 4.54. The number of methoxy groups -OCH3 is 1. The summed E-state index contributed by atoms with van der Waals surface area (Å²) in [4.78, 5) is 15.6. The van der Waals surface area contributed by atoms with Gasteiger partial charge in [0.1, 0.15) is 12.4 Å². The smallest absolute Gasteiger partial charge is 0.221 e. The summed E-state index contributed by atoms with van der Waals surface area (Å²) >= 11 is 0. The molecule has 1 aliphatic heterocycles. The molecule has 0 unspecified atom stereocenters. The zero-order valence-corrected chi connectivity index (χ0v) is 12.2. The summed E-state index contributed by atoms with van der Waals surface area (Å²) in [6.07, 6.45) is 1.87. The van der Waals surface area contributed by atoms with Crippen molar-refractivity contribution >= 4 is 16.7 Å². The van der Waals surface area contributed by atoms with Crippen LogP contribution >= 0.6 is 0 Å². The van der Waals surface area contributed by atoms with Gasteiger partial charge in [-0.05, 0) is 23.6 Å². The van der Waals surface area contributed by atoms with Crippen LogP contribution in [0.4, 0.5) is 4.39 Å². The normalized spacial score (nSPS) is 20.9. The summed E-state index contributed by atoms with van der Waals surface area (Å²) in [6, 6.07) is 7.19. The third-order valence-corrected chi connectivity index (χ3v) is 3.90. The Labute approximate surface area is 127 Å². The number of carbonyl (C=O) groups is 1. The van der Waals surface area contributed by atoms with E-state index in [1.165, 1.54) is 0 Å². The largest absolute Gasteiger partial charge is 0.497 e. The molecule has 6 heteroatoms. The molecule has 2 aromatic rings. The first-order valence-corrected chi connectivity index (χ1v) is 7.12. The van der Waals surface area contributed by atoms with Crippen LogP contribution in [0.25, 0.3) is 10.8 Å². The first-order valence-electron chi connectivity index (χ1n) is 7.12. The molecule has 0 radical (unpaired) electrons. The van der Waals surface area contributed by atoms with E-state index in [-0.39, 0.29) is 30.9 Å². The van der Waals surface area contributed by atoms with Gasteiger partial charge in [-0.1, -0.05) is 6.07 Å². The molecule has 116 valence electrons. The molecule has 2 atom stereocenters. The van der Waals surface area contributed by atoms with Crippen molar-refractivity contribution in [3.63, 3.8) is 0 Å². The Bertz CT molecular complexity index is 692. The number of fused-ring (bicyclic) bond motifs is 1. The topological polar surface area (TPSA) is 60.5 Å². The van der Waals surface area contributed by atoms with Gasteiger partial charge in [0.15, 0.2) is 0 Å². The number of carbonyl (C=O) groups excluding carboxylic acids is 1. The molecule has 0 saturated carbocycles. The molecule has 1 aromatic heterocycles. The van der Waals surface area contributed by atoms with E-state index in [0.29, 0.717) is 11.6 Å². The second-order valence-electron chi connectivity index (χ2n) is 5.31. The number of pyridine rings is 1. The number of benzene rings is 1. The monoisotopic (exact) mass is 304 g/mol. The van der Waals surface area contributed by atoms with Gasteiger partial charge in [0.2, 0.25) is 11.8 Å². The Morgan fingerprint density at radius 2 is 2.27 bits per heavy atom. The Balaban J connectivity index is 1.80. The SMILES string of the molecule is COc1ccc2ccnc(OC[C@H]3NC(=O)C[C@@H]3CF)c2c1. The van der Waals surface area contributed by atoms with Gasteiger partial charge in [-0.3, -0.25) is 9.18 Å². The summed E-state index contributed by atoms with van der Waals surface area (Å²) in [5.74, 6) is 0.692. The van der Waals surface area contributed by atoms with E-state index in [2.05, 4.69) is 10.3 Å². The van der Waals surface area contributed by atoms with Gasteiger partial charge in [0, 0.05) is 23.9 Å². The lowest BCUT2D eigenvalue weighted by molar-refractivity contribution is -0.119. The molecule has 1 saturated heterocycles. The lowest BCUT2D eigenvalue weighted by Gasteiger charge is -2.17. The Hall–Kier alpha value is -2.37. The Kier molecular flexibility index (Phi) is 4.09. The van der Waals surface area contributed by atoms with E-state index in [1.807, 2.05) is 24.3 Å². The van der Waals surface area contributed by atoms with E-state index in [4.69, 9.17) is 9.47 Å². The predicted molar refractivity (Wildman–Crippen MR) is 79.8 cm³/mol. The minimum Gasteiger partial charge on any atom is -0.497 e. The van der Waals surface area contributed by atoms with E-state index >= 15 is 0 Å². The molecular weight excluding hydrogens is 287 g/mol. The quantitative estimate of drug-likeness (QED) is 0.919. The number of halogens is 1. The first-order chi connectivity index (χ1) is 10.7. The van der Waals surface area contributed by atoms with E-state index in [9.17, 15) is 9.18 Å². The summed E-state index contributed by atoms with van der Waals surface area (Å²) in [6.45, 7) is -0.340. The molecule has 1 amide bonds. The molecule has 1 aliphatic rings. The van der Waals surface area contributed by atoms with Crippen molar-refractivity contribution in [3.05, 3.63) is 30.5 Å². The van der Waals surface area contributed by atoms with Crippen LogP contribution in [0.15, 0.2) is 30.5 Å². The Morgan fingerprint density at radius 1 is 1.41 bits per heavy atom. The van der Waals surface area contributed by atoms with Crippen LogP contribution in [0.1, 0.15) is 6.42 Å². The maximum absolute atomic E-state index is 12.9.